The number of carbonyl (C=O) groups excluding carboxylic acids is 1. The summed E-state index contributed by atoms with van der Waals surface area (Å²) >= 11 is 8.96. The molecule has 1 aliphatic rings. The molecule has 4 rings (SSSR count). The number of rotatable bonds is 5. The standard InChI is InChI=1S/C21H16ClFN2OS2/c22-15-5-9-17(10-6-15)28-13-21(26)25-19(14-3-7-16(23)8-4-14)12-18(24-25)20-2-1-11-27-20/h1-11,19H,12-13H2. The fraction of sp³-hybridized carbons (Fsp3) is 0.143. The minimum absolute atomic E-state index is 0.0826. The molecule has 0 radical (unpaired) electrons. The third-order valence-electron chi connectivity index (χ3n) is 4.40. The molecule has 142 valence electrons. The third-order valence-corrected chi connectivity index (χ3v) is 6.57. The second-order valence-corrected chi connectivity index (χ2v) is 8.71. The lowest BCUT2D eigenvalue weighted by Crippen LogP contribution is -2.28. The SMILES string of the molecule is O=C(CSc1ccc(Cl)cc1)N1N=C(c2cccs2)CC1c1ccc(F)cc1. The van der Waals surface area contributed by atoms with Gasteiger partial charge in [-0.2, -0.15) is 5.10 Å². The summed E-state index contributed by atoms with van der Waals surface area (Å²) in [4.78, 5) is 15.0. The Bertz CT molecular complexity index is 988. The summed E-state index contributed by atoms with van der Waals surface area (Å²) in [5, 5.41) is 8.82. The van der Waals surface area contributed by atoms with Gasteiger partial charge in [0.15, 0.2) is 0 Å². The van der Waals surface area contributed by atoms with Gasteiger partial charge >= 0.3 is 0 Å². The van der Waals surface area contributed by atoms with Crippen molar-refractivity contribution in [3.8, 4) is 0 Å². The zero-order valence-electron chi connectivity index (χ0n) is 14.7. The van der Waals surface area contributed by atoms with E-state index in [0.717, 1.165) is 21.0 Å². The molecule has 1 aromatic heterocycles. The van der Waals surface area contributed by atoms with Crippen LogP contribution in [0, 0.1) is 5.82 Å². The van der Waals surface area contributed by atoms with Crippen molar-refractivity contribution in [1.82, 2.24) is 5.01 Å². The molecule has 2 heterocycles. The van der Waals surface area contributed by atoms with Crippen LogP contribution in [0.3, 0.4) is 0 Å². The van der Waals surface area contributed by atoms with E-state index in [1.54, 1.807) is 40.6 Å². The normalized spacial score (nSPS) is 16.3. The summed E-state index contributed by atoms with van der Waals surface area (Å²) in [6.07, 6.45) is 0.615. The molecular formula is C21H16ClFN2OS2. The van der Waals surface area contributed by atoms with Crippen molar-refractivity contribution >= 4 is 46.3 Å². The second-order valence-electron chi connectivity index (χ2n) is 6.28. The van der Waals surface area contributed by atoms with Crippen molar-refractivity contribution in [2.45, 2.75) is 17.4 Å². The van der Waals surface area contributed by atoms with Crippen LogP contribution in [0.25, 0.3) is 0 Å². The van der Waals surface area contributed by atoms with Gasteiger partial charge in [0.25, 0.3) is 5.91 Å². The highest BCUT2D eigenvalue weighted by Gasteiger charge is 2.33. The Kier molecular flexibility index (Phi) is 5.80. The van der Waals surface area contributed by atoms with Gasteiger partial charge in [-0.05, 0) is 53.4 Å². The highest BCUT2D eigenvalue weighted by Crippen LogP contribution is 2.34. The molecule has 1 amide bonds. The Morgan fingerprint density at radius 3 is 2.61 bits per heavy atom. The van der Waals surface area contributed by atoms with Gasteiger partial charge in [-0.25, -0.2) is 9.40 Å². The van der Waals surface area contributed by atoms with Gasteiger partial charge in [-0.3, -0.25) is 4.79 Å². The lowest BCUT2D eigenvalue weighted by Gasteiger charge is -2.22. The van der Waals surface area contributed by atoms with Crippen molar-refractivity contribution in [2.24, 2.45) is 5.10 Å². The summed E-state index contributed by atoms with van der Waals surface area (Å²) in [6.45, 7) is 0. The number of amides is 1. The van der Waals surface area contributed by atoms with E-state index < -0.39 is 0 Å². The monoisotopic (exact) mass is 430 g/mol. The quantitative estimate of drug-likeness (QED) is 0.464. The van der Waals surface area contributed by atoms with E-state index in [1.165, 1.54) is 23.9 Å². The summed E-state index contributed by atoms with van der Waals surface area (Å²) in [5.74, 6) is -0.112. The molecule has 28 heavy (non-hydrogen) atoms. The molecule has 1 unspecified atom stereocenters. The fourth-order valence-electron chi connectivity index (χ4n) is 3.02. The molecule has 0 bridgehead atoms. The van der Waals surface area contributed by atoms with Gasteiger partial charge in [-0.1, -0.05) is 29.8 Å². The maximum Gasteiger partial charge on any atom is 0.253 e. The van der Waals surface area contributed by atoms with E-state index in [4.69, 9.17) is 11.6 Å². The van der Waals surface area contributed by atoms with E-state index in [9.17, 15) is 9.18 Å². The first-order chi connectivity index (χ1) is 13.6. The Morgan fingerprint density at radius 1 is 1.18 bits per heavy atom. The van der Waals surface area contributed by atoms with E-state index in [1.807, 2.05) is 29.6 Å². The first-order valence-corrected chi connectivity index (χ1v) is 10.9. The van der Waals surface area contributed by atoms with Crippen LogP contribution in [0.2, 0.25) is 5.02 Å². The Labute approximate surface area is 175 Å². The maximum atomic E-state index is 13.3. The summed E-state index contributed by atoms with van der Waals surface area (Å²) in [5.41, 5.74) is 1.76. The number of carbonyl (C=O) groups is 1. The van der Waals surface area contributed by atoms with Crippen LogP contribution in [0.1, 0.15) is 22.9 Å². The Balaban J connectivity index is 1.55. The number of thiophene rings is 1. The zero-order chi connectivity index (χ0) is 19.5. The predicted molar refractivity (Wildman–Crippen MR) is 114 cm³/mol. The van der Waals surface area contributed by atoms with E-state index in [2.05, 4.69) is 5.10 Å². The largest absolute Gasteiger partial charge is 0.272 e. The molecule has 0 spiro atoms. The van der Waals surface area contributed by atoms with Gasteiger partial charge < -0.3 is 0 Å². The first-order valence-electron chi connectivity index (χ1n) is 8.67. The van der Waals surface area contributed by atoms with Crippen molar-refractivity contribution in [3.05, 3.63) is 87.3 Å². The van der Waals surface area contributed by atoms with Gasteiger partial charge in [0.05, 0.1) is 22.4 Å². The van der Waals surface area contributed by atoms with Crippen molar-refractivity contribution in [2.75, 3.05) is 5.75 Å². The van der Waals surface area contributed by atoms with E-state index in [0.29, 0.717) is 11.4 Å². The van der Waals surface area contributed by atoms with Gasteiger partial charge in [0.2, 0.25) is 0 Å². The number of benzene rings is 2. The Morgan fingerprint density at radius 2 is 1.93 bits per heavy atom. The zero-order valence-corrected chi connectivity index (χ0v) is 17.1. The molecule has 0 N–H and O–H groups in total. The molecular weight excluding hydrogens is 415 g/mol. The highest BCUT2D eigenvalue weighted by molar-refractivity contribution is 8.00. The second kappa shape index (κ2) is 8.47. The van der Waals surface area contributed by atoms with E-state index in [-0.39, 0.29) is 23.5 Å². The summed E-state index contributed by atoms with van der Waals surface area (Å²) in [6, 6.07) is 17.4. The molecule has 0 saturated carbocycles. The molecule has 7 heteroatoms. The number of halogens is 2. The van der Waals surface area contributed by atoms with Crippen LogP contribution < -0.4 is 0 Å². The maximum absolute atomic E-state index is 13.3. The number of hydrogen-bond donors (Lipinski definition) is 0. The molecule has 1 atom stereocenters. The van der Waals surface area contributed by atoms with E-state index >= 15 is 0 Å². The van der Waals surface area contributed by atoms with Crippen LogP contribution in [-0.2, 0) is 4.79 Å². The van der Waals surface area contributed by atoms with Gasteiger partial charge in [-0.15, -0.1) is 23.1 Å². The summed E-state index contributed by atoms with van der Waals surface area (Å²) in [7, 11) is 0. The van der Waals surface area contributed by atoms with Crippen LogP contribution in [0.5, 0.6) is 0 Å². The average molecular weight is 431 g/mol. The van der Waals surface area contributed by atoms with Crippen molar-refractivity contribution in [1.29, 1.82) is 0 Å². The molecule has 0 aliphatic carbocycles. The first kappa shape index (κ1) is 19.2. The molecule has 0 saturated heterocycles. The number of hydrazone groups is 1. The van der Waals surface area contributed by atoms with Crippen LogP contribution in [-0.4, -0.2) is 22.4 Å². The highest BCUT2D eigenvalue weighted by atomic mass is 35.5. The minimum Gasteiger partial charge on any atom is -0.272 e. The third kappa shape index (κ3) is 4.29. The van der Waals surface area contributed by atoms with Crippen LogP contribution >= 0.6 is 34.7 Å². The molecule has 3 nitrogen and oxygen atoms in total. The smallest absolute Gasteiger partial charge is 0.253 e. The fourth-order valence-corrected chi connectivity index (χ4v) is 4.62. The Hall–Kier alpha value is -2.15. The lowest BCUT2D eigenvalue weighted by atomic mass is 10.0. The van der Waals surface area contributed by atoms with Gasteiger partial charge in [0, 0.05) is 16.3 Å². The topological polar surface area (TPSA) is 32.7 Å². The lowest BCUT2D eigenvalue weighted by molar-refractivity contribution is -0.130. The average Bonchev–Trinajstić information content (AvgIpc) is 3.38. The van der Waals surface area contributed by atoms with Gasteiger partial charge in [0.1, 0.15) is 5.82 Å². The van der Waals surface area contributed by atoms with Crippen LogP contribution in [0.4, 0.5) is 4.39 Å². The number of hydrogen-bond acceptors (Lipinski definition) is 4. The predicted octanol–water partition coefficient (Wildman–Crippen LogP) is 6.01. The number of nitrogens with zero attached hydrogens (tertiary/aromatic N) is 2. The molecule has 2 aromatic carbocycles. The molecule has 1 aliphatic heterocycles. The van der Waals surface area contributed by atoms with Crippen LogP contribution in [0.15, 0.2) is 76.0 Å². The molecule has 0 fully saturated rings. The number of thioether (sulfide) groups is 1. The van der Waals surface area contributed by atoms with Crippen molar-refractivity contribution in [3.63, 3.8) is 0 Å². The molecule has 3 aromatic rings. The minimum atomic E-state index is -0.294. The van der Waals surface area contributed by atoms with Crippen molar-refractivity contribution < 1.29 is 9.18 Å². The summed E-state index contributed by atoms with van der Waals surface area (Å²) < 4.78 is 13.3.